The number of benzene rings is 1. The van der Waals surface area contributed by atoms with Gasteiger partial charge in [-0.15, -0.1) is 0 Å². The molecule has 0 unspecified atom stereocenters. The topological polar surface area (TPSA) is 76.1 Å². The van der Waals surface area contributed by atoms with Crippen molar-refractivity contribution in [1.29, 1.82) is 0 Å². The summed E-state index contributed by atoms with van der Waals surface area (Å²) >= 11 is 0. The molecule has 0 saturated heterocycles. The van der Waals surface area contributed by atoms with E-state index in [9.17, 15) is 4.79 Å². The minimum atomic E-state index is -0.142. The Hall–Kier alpha value is -3.41. The van der Waals surface area contributed by atoms with Crippen LogP contribution in [0.5, 0.6) is 11.6 Å². The molecule has 0 bridgehead atoms. The second kappa shape index (κ2) is 9.87. The van der Waals surface area contributed by atoms with Crippen molar-refractivity contribution >= 4 is 17.4 Å². The maximum Gasteiger partial charge on any atom is 0.256 e. The van der Waals surface area contributed by atoms with E-state index in [4.69, 9.17) is 4.74 Å². The van der Waals surface area contributed by atoms with Crippen molar-refractivity contribution in [2.75, 3.05) is 11.9 Å². The second-order valence-electron chi connectivity index (χ2n) is 7.54. The number of hydrogen-bond donors (Lipinski definition) is 2. The minimum absolute atomic E-state index is 0.142. The van der Waals surface area contributed by atoms with E-state index in [1.165, 1.54) is 32.1 Å². The molecule has 30 heavy (non-hydrogen) atoms. The molecule has 4 rings (SSSR count). The Labute approximate surface area is 176 Å². The number of nitrogens with one attached hydrogen (secondary N) is 2. The summed E-state index contributed by atoms with van der Waals surface area (Å²) in [4.78, 5) is 21.2. The van der Waals surface area contributed by atoms with Gasteiger partial charge in [0.15, 0.2) is 0 Å². The average Bonchev–Trinajstić information content (AvgIpc) is 2.80. The van der Waals surface area contributed by atoms with E-state index < -0.39 is 0 Å². The van der Waals surface area contributed by atoms with Crippen LogP contribution in [0.2, 0.25) is 0 Å². The summed E-state index contributed by atoms with van der Waals surface area (Å²) in [6.07, 6.45) is 9.57. The molecular weight excluding hydrogens is 376 g/mol. The summed E-state index contributed by atoms with van der Waals surface area (Å²) in [5.74, 6) is 2.12. The maximum atomic E-state index is 12.7. The van der Waals surface area contributed by atoms with Crippen LogP contribution in [0.3, 0.4) is 0 Å². The molecule has 3 aromatic rings. The summed E-state index contributed by atoms with van der Waals surface area (Å²) in [7, 11) is 0. The number of carbonyl (C=O) groups is 1. The molecule has 1 saturated carbocycles. The van der Waals surface area contributed by atoms with Crippen LogP contribution < -0.4 is 15.4 Å². The van der Waals surface area contributed by atoms with Crippen molar-refractivity contribution in [3.63, 3.8) is 0 Å². The summed E-state index contributed by atoms with van der Waals surface area (Å²) in [5, 5.41) is 6.28. The van der Waals surface area contributed by atoms with Crippen LogP contribution >= 0.6 is 0 Å². The molecule has 0 spiro atoms. The molecule has 1 aliphatic rings. The highest BCUT2D eigenvalue weighted by Crippen LogP contribution is 2.26. The zero-order valence-electron chi connectivity index (χ0n) is 16.9. The Morgan fingerprint density at radius 2 is 1.73 bits per heavy atom. The van der Waals surface area contributed by atoms with Crippen LogP contribution in [0.25, 0.3) is 0 Å². The van der Waals surface area contributed by atoms with Crippen molar-refractivity contribution in [2.24, 2.45) is 5.92 Å². The predicted octanol–water partition coefficient (Wildman–Crippen LogP) is 5.32. The van der Waals surface area contributed by atoms with Crippen LogP contribution in [0.15, 0.2) is 67.0 Å². The van der Waals surface area contributed by atoms with Crippen LogP contribution in [0.1, 0.15) is 42.5 Å². The monoisotopic (exact) mass is 402 g/mol. The summed E-state index contributed by atoms with van der Waals surface area (Å²) in [5.41, 5.74) is 1.34. The minimum Gasteiger partial charge on any atom is -0.438 e. The Kier molecular flexibility index (Phi) is 6.54. The molecule has 2 N–H and O–H groups in total. The SMILES string of the molecule is O=C(NCC1CCCCC1)c1cccnc1Oc1ccc(Nc2ccccn2)cc1. The summed E-state index contributed by atoms with van der Waals surface area (Å²) < 4.78 is 5.91. The van der Waals surface area contributed by atoms with Crippen LogP contribution in [-0.4, -0.2) is 22.4 Å². The summed E-state index contributed by atoms with van der Waals surface area (Å²) in [6, 6.07) is 16.7. The van der Waals surface area contributed by atoms with Gasteiger partial charge >= 0.3 is 0 Å². The highest BCUT2D eigenvalue weighted by molar-refractivity contribution is 5.96. The van der Waals surface area contributed by atoms with Crippen LogP contribution in [-0.2, 0) is 0 Å². The van der Waals surface area contributed by atoms with E-state index in [-0.39, 0.29) is 5.91 Å². The third-order valence-electron chi connectivity index (χ3n) is 5.30. The van der Waals surface area contributed by atoms with Gasteiger partial charge in [0.1, 0.15) is 17.1 Å². The molecule has 154 valence electrons. The fourth-order valence-corrected chi connectivity index (χ4v) is 3.67. The molecule has 0 radical (unpaired) electrons. The van der Waals surface area contributed by atoms with E-state index in [1.54, 1.807) is 24.5 Å². The zero-order valence-corrected chi connectivity index (χ0v) is 16.9. The Morgan fingerprint density at radius 3 is 2.50 bits per heavy atom. The van der Waals surface area contributed by atoms with Gasteiger partial charge in [-0.25, -0.2) is 9.97 Å². The van der Waals surface area contributed by atoms with Gasteiger partial charge in [0, 0.05) is 24.6 Å². The van der Waals surface area contributed by atoms with Crippen molar-refractivity contribution in [2.45, 2.75) is 32.1 Å². The van der Waals surface area contributed by atoms with E-state index in [0.29, 0.717) is 29.7 Å². The number of hydrogen-bond acceptors (Lipinski definition) is 5. The van der Waals surface area contributed by atoms with Gasteiger partial charge in [-0.1, -0.05) is 25.3 Å². The van der Waals surface area contributed by atoms with Crippen LogP contribution in [0, 0.1) is 5.92 Å². The first-order valence-electron chi connectivity index (χ1n) is 10.5. The fourth-order valence-electron chi connectivity index (χ4n) is 3.67. The first-order valence-corrected chi connectivity index (χ1v) is 10.5. The molecule has 6 heteroatoms. The molecular formula is C24H26N4O2. The Morgan fingerprint density at radius 1 is 0.933 bits per heavy atom. The number of anilines is 2. The fraction of sp³-hybridized carbons (Fsp3) is 0.292. The number of pyridine rings is 2. The lowest BCUT2D eigenvalue weighted by Crippen LogP contribution is -2.30. The van der Waals surface area contributed by atoms with Crippen molar-refractivity contribution < 1.29 is 9.53 Å². The van der Waals surface area contributed by atoms with E-state index in [2.05, 4.69) is 20.6 Å². The number of rotatable bonds is 7. The van der Waals surface area contributed by atoms with Gasteiger partial charge in [-0.3, -0.25) is 4.79 Å². The van der Waals surface area contributed by atoms with Crippen molar-refractivity contribution in [3.8, 4) is 11.6 Å². The van der Waals surface area contributed by atoms with E-state index in [0.717, 1.165) is 11.5 Å². The molecule has 2 heterocycles. The largest absolute Gasteiger partial charge is 0.438 e. The first-order chi connectivity index (χ1) is 14.8. The molecule has 2 aromatic heterocycles. The van der Waals surface area contributed by atoms with Gasteiger partial charge in [-0.2, -0.15) is 0 Å². The molecule has 1 aromatic carbocycles. The molecule has 0 aliphatic heterocycles. The first kappa shape index (κ1) is 19.9. The highest BCUT2D eigenvalue weighted by atomic mass is 16.5. The average molecular weight is 402 g/mol. The van der Waals surface area contributed by atoms with E-state index in [1.807, 2.05) is 42.5 Å². The molecule has 1 amide bonds. The van der Waals surface area contributed by atoms with Gasteiger partial charge in [0.2, 0.25) is 5.88 Å². The standard InChI is InChI=1S/C24H26N4O2/c29-23(27-17-18-7-2-1-3-8-18)21-9-6-16-26-24(21)30-20-13-11-19(12-14-20)28-22-10-4-5-15-25-22/h4-6,9-16,18H,1-3,7-8,17H2,(H,25,28)(H,27,29). The zero-order chi connectivity index (χ0) is 20.6. The summed E-state index contributed by atoms with van der Waals surface area (Å²) in [6.45, 7) is 0.709. The third-order valence-corrected chi connectivity index (χ3v) is 5.30. The Bertz CT molecular complexity index is 954. The quantitative estimate of drug-likeness (QED) is 0.559. The molecule has 0 atom stereocenters. The van der Waals surface area contributed by atoms with Gasteiger partial charge in [0.25, 0.3) is 5.91 Å². The Balaban J connectivity index is 1.39. The lowest BCUT2D eigenvalue weighted by molar-refractivity contribution is 0.0940. The van der Waals surface area contributed by atoms with Gasteiger partial charge in [-0.05, 0) is 67.3 Å². The maximum absolute atomic E-state index is 12.7. The van der Waals surface area contributed by atoms with Crippen LogP contribution in [0.4, 0.5) is 11.5 Å². The van der Waals surface area contributed by atoms with Crippen molar-refractivity contribution in [1.82, 2.24) is 15.3 Å². The lowest BCUT2D eigenvalue weighted by Gasteiger charge is -2.21. The number of aromatic nitrogens is 2. The molecule has 1 aliphatic carbocycles. The molecule has 6 nitrogen and oxygen atoms in total. The number of nitrogens with zero attached hydrogens (tertiary/aromatic N) is 2. The highest BCUT2D eigenvalue weighted by Gasteiger charge is 2.18. The number of ether oxygens (including phenoxy) is 1. The third kappa shape index (κ3) is 5.35. The molecule has 1 fully saturated rings. The normalized spacial score (nSPS) is 14.1. The number of carbonyl (C=O) groups excluding carboxylic acids is 1. The number of amides is 1. The van der Waals surface area contributed by atoms with E-state index >= 15 is 0 Å². The lowest BCUT2D eigenvalue weighted by atomic mass is 9.89. The smallest absolute Gasteiger partial charge is 0.256 e. The van der Waals surface area contributed by atoms with Gasteiger partial charge < -0.3 is 15.4 Å². The predicted molar refractivity (Wildman–Crippen MR) is 117 cm³/mol. The second-order valence-corrected chi connectivity index (χ2v) is 7.54. The van der Waals surface area contributed by atoms with Crippen molar-refractivity contribution in [3.05, 3.63) is 72.6 Å². The van der Waals surface area contributed by atoms with Gasteiger partial charge in [0.05, 0.1) is 0 Å².